The van der Waals surface area contributed by atoms with Crippen molar-refractivity contribution in [3.63, 3.8) is 0 Å². The second kappa shape index (κ2) is 6.56. The van der Waals surface area contributed by atoms with Crippen molar-refractivity contribution >= 4 is 15.9 Å². The number of hydrogen-bond donors (Lipinski definition) is 0. The third-order valence-corrected chi connectivity index (χ3v) is 5.71. The van der Waals surface area contributed by atoms with Gasteiger partial charge in [0.1, 0.15) is 0 Å². The highest BCUT2D eigenvalue weighted by Gasteiger charge is 2.35. The first-order valence-corrected chi connectivity index (χ1v) is 8.62. The molecule has 2 atom stereocenters. The Hall–Kier alpha value is 0.440. The standard InChI is InChI=1S/C15H27BrO/c1-13-8-4-5-9-14(13)17-15(12-16)10-6-2-3-7-11-15/h13-14H,2-12H2,1H3. The lowest BCUT2D eigenvalue weighted by Gasteiger charge is -2.39. The second-order valence-corrected chi connectivity index (χ2v) is 6.71. The maximum absolute atomic E-state index is 6.61. The molecule has 0 aromatic carbocycles. The van der Waals surface area contributed by atoms with E-state index < -0.39 is 0 Å². The quantitative estimate of drug-likeness (QED) is 0.522. The summed E-state index contributed by atoms with van der Waals surface area (Å²) in [6.45, 7) is 2.38. The van der Waals surface area contributed by atoms with Gasteiger partial charge in [-0.2, -0.15) is 0 Å². The smallest absolute Gasteiger partial charge is 0.0782 e. The lowest BCUT2D eigenvalue weighted by Crippen LogP contribution is -2.41. The van der Waals surface area contributed by atoms with Gasteiger partial charge in [0, 0.05) is 5.33 Å². The van der Waals surface area contributed by atoms with Crippen molar-refractivity contribution in [1.29, 1.82) is 0 Å². The van der Waals surface area contributed by atoms with Crippen LogP contribution in [0.25, 0.3) is 0 Å². The van der Waals surface area contributed by atoms with Crippen LogP contribution in [-0.2, 0) is 4.74 Å². The van der Waals surface area contributed by atoms with E-state index in [1.54, 1.807) is 0 Å². The van der Waals surface area contributed by atoms with Crippen molar-refractivity contribution in [2.45, 2.75) is 82.8 Å². The van der Waals surface area contributed by atoms with E-state index >= 15 is 0 Å². The zero-order chi connectivity index (χ0) is 12.1. The molecule has 0 heterocycles. The number of alkyl halides is 1. The highest BCUT2D eigenvalue weighted by Crippen LogP contribution is 2.37. The molecule has 0 saturated heterocycles. The first-order chi connectivity index (χ1) is 8.26. The van der Waals surface area contributed by atoms with E-state index in [-0.39, 0.29) is 5.60 Å². The van der Waals surface area contributed by atoms with Crippen molar-refractivity contribution < 1.29 is 4.74 Å². The first kappa shape index (κ1) is 13.9. The van der Waals surface area contributed by atoms with Crippen LogP contribution in [0.15, 0.2) is 0 Å². The molecule has 2 rings (SSSR count). The van der Waals surface area contributed by atoms with Gasteiger partial charge in [-0.15, -0.1) is 0 Å². The third kappa shape index (κ3) is 3.70. The molecular formula is C15H27BrO. The molecule has 2 saturated carbocycles. The largest absolute Gasteiger partial charge is 0.371 e. The molecule has 0 aromatic rings. The Morgan fingerprint density at radius 3 is 2.24 bits per heavy atom. The zero-order valence-corrected chi connectivity index (χ0v) is 12.8. The van der Waals surface area contributed by atoms with E-state index in [4.69, 9.17) is 4.74 Å². The summed E-state index contributed by atoms with van der Waals surface area (Å²) in [6, 6.07) is 0. The predicted molar refractivity (Wildman–Crippen MR) is 76.7 cm³/mol. The second-order valence-electron chi connectivity index (χ2n) is 6.15. The number of hydrogen-bond acceptors (Lipinski definition) is 1. The van der Waals surface area contributed by atoms with E-state index in [0.717, 1.165) is 11.2 Å². The maximum atomic E-state index is 6.61. The molecule has 2 unspecified atom stereocenters. The molecule has 2 fully saturated rings. The predicted octanol–water partition coefficient (Wildman–Crippen LogP) is 5.07. The average Bonchev–Trinajstić information content (AvgIpc) is 2.58. The highest BCUT2D eigenvalue weighted by atomic mass is 79.9. The minimum absolute atomic E-state index is 0.159. The van der Waals surface area contributed by atoms with Crippen LogP contribution in [0.5, 0.6) is 0 Å². The van der Waals surface area contributed by atoms with E-state index in [1.807, 2.05) is 0 Å². The number of rotatable bonds is 3. The molecule has 0 aromatic heterocycles. The van der Waals surface area contributed by atoms with Crippen LogP contribution in [0.2, 0.25) is 0 Å². The Labute approximate surface area is 115 Å². The first-order valence-electron chi connectivity index (χ1n) is 7.49. The number of ether oxygens (including phenoxy) is 1. The zero-order valence-electron chi connectivity index (χ0n) is 11.2. The van der Waals surface area contributed by atoms with Crippen LogP contribution in [0.4, 0.5) is 0 Å². The summed E-state index contributed by atoms with van der Waals surface area (Å²) in [4.78, 5) is 0. The molecule has 2 heteroatoms. The fourth-order valence-electron chi connectivity index (χ4n) is 3.43. The minimum Gasteiger partial charge on any atom is -0.371 e. The van der Waals surface area contributed by atoms with Crippen LogP contribution in [0.3, 0.4) is 0 Å². The summed E-state index contributed by atoms with van der Waals surface area (Å²) in [5.74, 6) is 0.767. The van der Waals surface area contributed by atoms with Gasteiger partial charge in [-0.05, 0) is 31.6 Å². The van der Waals surface area contributed by atoms with Crippen molar-refractivity contribution in [1.82, 2.24) is 0 Å². The van der Waals surface area contributed by atoms with Crippen molar-refractivity contribution in [2.75, 3.05) is 5.33 Å². The van der Waals surface area contributed by atoms with Crippen LogP contribution >= 0.6 is 15.9 Å². The molecule has 1 nitrogen and oxygen atoms in total. The summed E-state index contributed by atoms with van der Waals surface area (Å²) in [5.41, 5.74) is 0.159. The molecule has 0 amide bonds. The molecule has 0 spiro atoms. The molecule has 0 radical (unpaired) electrons. The Balaban J connectivity index is 1.96. The topological polar surface area (TPSA) is 9.23 Å². The third-order valence-electron chi connectivity index (χ3n) is 4.69. The molecule has 2 aliphatic rings. The lowest BCUT2D eigenvalue weighted by molar-refractivity contribution is -0.117. The van der Waals surface area contributed by atoms with Crippen LogP contribution < -0.4 is 0 Å². The lowest BCUT2D eigenvalue weighted by atomic mass is 9.86. The van der Waals surface area contributed by atoms with Crippen LogP contribution in [0, 0.1) is 5.92 Å². The molecule has 0 bridgehead atoms. The normalized spacial score (nSPS) is 34.2. The summed E-state index contributed by atoms with van der Waals surface area (Å²) >= 11 is 3.72. The Bertz CT molecular complexity index is 221. The molecule has 100 valence electrons. The van der Waals surface area contributed by atoms with Gasteiger partial charge in [0.05, 0.1) is 11.7 Å². The summed E-state index contributed by atoms with van der Waals surface area (Å²) in [7, 11) is 0. The SMILES string of the molecule is CC1CCCCC1OC1(CBr)CCCCCC1. The van der Waals surface area contributed by atoms with Gasteiger partial charge in [0.25, 0.3) is 0 Å². The van der Waals surface area contributed by atoms with E-state index in [2.05, 4.69) is 22.9 Å². The van der Waals surface area contributed by atoms with Gasteiger partial charge < -0.3 is 4.74 Å². The molecule has 0 aliphatic heterocycles. The van der Waals surface area contributed by atoms with E-state index in [9.17, 15) is 0 Å². The molecule has 2 aliphatic carbocycles. The molecule has 0 N–H and O–H groups in total. The average molecular weight is 303 g/mol. The number of halogens is 1. The van der Waals surface area contributed by atoms with Gasteiger partial charge in [0.15, 0.2) is 0 Å². The van der Waals surface area contributed by atoms with Crippen molar-refractivity contribution in [2.24, 2.45) is 5.92 Å². The Morgan fingerprint density at radius 2 is 1.65 bits per heavy atom. The summed E-state index contributed by atoms with van der Waals surface area (Å²) in [6.07, 6.45) is 14.0. The van der Waals surface area contributed by atoms with Crippen molar-refractivity contribution in [3.05, 3.63) is 0 Å². The fraction of sp³-hybridized carbons (Fsp3) is 1.00. The van der Waals surface area contributed by atoms with Gasteiger partial charge >= 0.3 is 0 Å². The van der Waals surface area contributed by atoms with Gasteiger partial charge in [0.2, 0.25) is 0 Å². The van der Waals surface area contributed by atoms with Crippen LogP contribution in [-0.4, -0.2) is 17.0 Å². The Kier molecular flexibility index (Phi) is 5.35. The monoisotopic (exact) mass is 302 g/mol. The summed E-state index contributed by atoms with van der Waals surface area (Å²) in [5, 5.41) is 1.03. The van der Waals surface area contributed by atoms with Crippen molar-refractivity contribution in [3.8, 4) is 0 Å². The molecule has 17 heavy (non-hydrogen) atoms. The van der Waals surface area contributed by atoms with E-state index in [1.165, 1.54) is 64.2 Å². The fourth-order valence-corrected chi connectivity index (χ4v) is 4.13. The maximum Gasteiger partial charge on any atom is 0.0782 e. The van der Waals surface area contributed by atoms with E-state index in [0.29, 0.717) is 6.10 Å². The van der Waals surface area contributed by atoms with Gasteiger partial charge in [-0.1, -0.05) is 61.4 Å². The summed E-state index contributed by atoms with van der Waals surface area (Å²) < 4.78 is 6.61. The molecular weight excluding hydrogens is 276 g/mol. The highest BCUT2D eigenvalue weighted by molar-refractivity contribution is 9.09. The van der Waals surface area contributed by atoms with Gasteiger partial charge in [-0.3, -0.25) is 0 Å². The van der Waals surface area contributed by atoms with Crippen LogP contribution in [0.1, 0.15) is 71.1 Å². The minimum atomic E-state index is 0.159. The van der Waals surface area contributed by atoms with Gasteiger partial charge in [-0.25, -0.2) is 0 Å². The Morgan fingerprint density at radius 1 is 1.00 bits per heavy atom.